The van der Waals surface area contributed by atoms with E-state index in [1.54, 1.807) is 0 Å². The number of rotatable bonds is 6. The first-order valence-corrected chi connectivity index (χ1v) is 9.31. The highest BCUT2D eigenvalue weighted by Gasteiger charge is 2.15. The van der Waals surface area contributed by atoms with Crippen LogP contribution < -0.4 is 5.32 Å². The maximum Gasteiger partial charge on any atom is 0.306 e. The summed E-state index contributed by atoms with van der Waals surface area (Å²) in [6.45, 7) is 7.06. The first-order chi connectivity index (χ1) is 12.2. The van der Waals surface area contributed by atoms with Gasteiger partial charge < -0.3 is 10.1 Å². The van der Waals surface area contributed by atoms with Crippen LogP contribution in [0.3, 0.4) is 0 Å². The van der Waals surface area contributed by atoms with Crippen molar-refractivity contribution in [2.45, 2.75) is 46.1 Å². The Labute approximate surface area is 158 Å². The number of benzene rings is 1. The molecule has 0 aliphatic heterocycles. The van der Waals surface area contributed by atoms with Crippen LogP contribution in [0.1, 0.15) is 50.9 Å². The second-order valence-corrected chi connectivity index (χ2v) is 7.78. The lowest BCUT2D eigenvalue weighted by molar-refractivity contribution is -0.154. The van der Waals surface area contributed by atoms with Crippen LogP contribution in [-0.4, -0.2) is 22.5 Å². The Hall–Kier alpha value is -2.47. The van der Waals surface area contributed by atoms with Gasteiger partial charge in [-0.25, -0.2) is 4.98 Å². The van der Waals surface area contributed by atoms with Gasteiger partial charge >= 0.3 is 5.97 Å². The van der Waals surface area contributed by atoms with Gasteiger partial charge in [0.1, 0.15) is 5.60 Å². The third kappa shape index (κ3) is 7.19. The summed E-state index contributed by atoms with van der Waals surface area (Å²) in [4.78, 5) is 27.2. The molecule has 0 radical (unpaired) electrons. The predicted octanol–water partition coefficient (Wildman–Crippen LogP) is 4.55. The van der Waals surface area contributed by atoms with Crippen LogP contribution in [-0.2, 0) is 20.7 Å². The summed E-state index contributed by atoms with van der Waals surface area (Å²) in [6, 6.07) is 8.00. The lowest BCUT2D eigenvalue weighted by Gasteiger charge is -2.19. The fourth-order valence-electron chi connectivity index (χ4n) is 2.24. The van der Waals surface area contributed by atoms with Gasteiger partial charge in [0.05, 0.1) is 5.69 Å². The molecular formula is C20H24N2O3S. The van der Waals surface area contributed by atoms with Gasteiger partial charge in [0, 0.05) is 18.7 Å². The molecule has 0 aliphatic rings. The van der Waals surface area contributed by atoms with E-state index < -0.39 is 5.60 Å². The van der Waals surface area contributed by atoms with Crippen molar-refractivity contribution in [1.29, 1.82) is 0 Å². The summed E-state index contributed by atoms with van der Waals surface area (Å²) in [7, 11) is 0. The summed E-state index contributed by atoms with van der Waals surface area (Å²) >= 11 is 1.39. The number of amides is 1. The zero-order valence-electron chi connectivity index (χ0n) is 15.5. The van der Waals surface area contributed by atoms with Crippen molar-refractivity contribution in [3.63, 3.8) is 0 Å². The number of ether oxygens (including phenoxy) is 1. The Morgan fingerprint density at radius 3 is 2.73 bits per heavy atom. The molecule has 2 rings (SSSR count). The van der Waals surface area contributed by atoms with Gasteiger partial charge in [-0.1, -0.05) is 30.3 Å². The summed E-state index contributed by atoms with van der Waals surface area (Å²) in [5, 5.41) is 5.14. The first kappa shape index (κ1) is 19.8. The molecule has 2 aromatic rings. The Morgan fingerprint density at radius 1 is 1.27 bits per heavy atom. The summed E-state index contributed by atoms with van der Waals surface area (Å²) in [6.07, 6.45) is 4.86. The number of nitrogens with zero attached hydrogens (tertiary/aromatic N) is 1. The summed E-state index contributed by atoms with van der Waals surface area (Å²) in [5.41, 5.74) is 2.44. The molecule has 0 aliphatic carbocycles. The number of carbonyl (C=O) groups excluding carboxylic acids is 2. The average Bonchev–Trinajstić information content (AvgIpc) is 2.96. The molecule has 1 heterocycles. The van der Waals surface area contributed by atoms with E-state index >= 15 is 0 Å². The van der Waals surface area contributed by atoms with Crippen molar-refractivity contribution in [2.75, 3.05) is 5.32 Å². The Morgan fingerprint density at radius 2 is 2.04 bits per heavy atom. The van der Waals surface area contributed by atoms with Crippen LogP contribution in [0, 0.1) is 0 Å². The smallest absolute Gasteiger partial charge is 0.306 e. The van der Waals surface area contributed by atoms with Crippen molar-refractivity contribution in [1.82, 2.24) is 4.98 Å². The number of anilines is 1. The van der Waals surface area contributed by atoms with E-state index in [0.717, 1.165) is 16.8 Å². The van der Waals surface area contributed by atoms with Crippen molar-refractivity contribution in [2.24, 2.45) is 0 Å². The minimum atomic E-state index is -0.453. The Kier molecular flexibility index (Phi) is 6.69. The van der Waals surface area contributed by atoms with Gasteiger partial charge in [0.25, 0.3) is 0 Å². The SMILES string of the molecule is CC(=O)Nc1nc(C=Cc2cccc(CCC(=O)OC(C)(C)C)c2)cs1. The minimum absolute atomic E-state index is 0.132. The van der Waals surface area contributed by atoms with Gasteiger partial charge in [-0.3, -0.25) is 9.59 Å². The first-order valence-electron chi connectivity index (χ1n) is 8.43. The topological polar surface area (TPSA) is 68.3 Å². The number of hydrogen-bond acceptors (Lipinski definition) is 5. The van der Waals surface area contributed by atoms with Gasteiger partial charge in [0.2, 0.25) is 5.91 Å². The molecule has 0 atom stereocenters. The fraction of sp³-hybridized carbons (Fsp3) is 0.350. The van der Waals surface area contributed by atoms with Gasteiger partial charge in [-0.05, 0) is 44.4 Å². The second-order valence-electron chi connectivity index (χ2n) is 6.92. The molecule has 1 aromatic carbocycles. The third-order valence-electron chi connectivity index (χ3n) is 3.24. The minimum Gasteiger partial charge on any atom is -0.460 e. The summed E-state index contributed by atoms with van der Waals surface area (Å²) in [5.74, 6) is -0.320. The molecule has 1 amide bonds. The van der Waals surface area contributed by atoms with E-state index in [2.05, 4.69) is 10.3 Å². The molecule has 138 valence electrons. The normalized spacial score (nSPS) is 11.5. The van der Waals surface area contributed by atoms with Gasteiger partial charge in [0.15, 0.2) is 5.13 Å². The van der Waals surface area contributed by atoms with E-state index in [1.165, 1.54) is 18.3 Å². The number of thiazole rings is 1. The zero-order valence-corrected chi connectivity index (χ0v) is 16.4. The van der Waals surface area contributed by atoms with Crippen LogP contribution in [0.5, 0.6) is 0 Å². The lowest BCUT2D eigenvalue weighted by atomic mass is 10.1. The maximum absolute atomic E-state index is 11.8. The lowest BCUT2D eigenvalue weighted by Crippen LogP contribution is -2.24. The highest BCUT2D eigenvalue weighted by Crippen LogP contribution is 2.18. The van der Waals surface area contributed by atoms with Crippen LogP contribution in [0.25, 0.3) is 12.2 Å². The van der Waals surface area contributed by atoms with Crippen LogP contribution in [0.4, 0.5) is 5.13 Å². The highest BCUT2D eigenvalue weighted by molar-refractivity contribution is 7.14. The molecule has 0 fully saturated rings. The number of hydrogen-bond donors (Lipinski definition) is 1. The van der Waals surface area contributed by atoms with E-state index in [4.69, 9.17) is 4.74 Å². The molecule has 0 saturated heterocycles. The monoisotopic (exact) mass is 372 g/mol. The van der Waals surface area contributed by atoms with Crippen molar-refractivity contribution in [3.05, 3.63) is 46.5 Å². The quantitative estimate of drug-likeness (QED) is 0.756. The number of aromatic nitrogens is 1. The van der Waals surface area contributed by atoms with Crippen LogP contribution in [0.2, 0.25) is 0 Å². The Balaban J connectivity index is 1.95. The molecule has 0 unspecified atom stereocenters. The van der Waals surface area contributed by atoms with E-state index in [9.17, 15) is 9.59 Å². The molecular weight excluding hydrogens is 348 g/mol. The van der Waals surface area contributed by atoms with Gasteiger partial charge in [-0.15, -0.1) is 11.3 Å². The molecule has 26 heavy (non-hydrogen) atoms. The number of aryl methyl sites for hydroxylation is 1. The van der Waals surface area contributed by atoms with E-state index in [-0.39, 0.29) is 11.9 Å². The van der Waals surface area contributed by atoms with E-state index in [0.29, 0.717) is 18.0 Å². The van der Waals surface area contributed by atoms with Gasteiger partial charge in [-0.2, -0.15) is 0 Å². The van der Waals surface area contributed by atoms with Crippen molar-refractivity contribution in [3.8, 4) is 0 Å². The van der Waals surface area contributed by atoms with Crippen molar-refractivity contribution >= 4 is 40.5 Å². The number of nitrogens with one attached hydrogen (secondary N) is 1. The molecule has 0 bridgehead atoms. The number of esters is 1. The summed E-state index contributed by atoms with van der Waals surface area (Å²) < 4.78 is 5.33. The predicted molar refractivity (Wildman–Crippen MR) is 106 cm³/mol. The molecule has 6 heteroatoms. The second kappa shape index (κ2) is 8.76. The number of carbonyl (C=O) groups is 2. The molecule has 0 spiro atoms. The zero-order chi connectivity index (χ0) is 19.2. The third-order valence-corrected chi connectivity index (χ3v) is 4.02. The standard InChI is InChI=1S/C20H24N2O3S/c1-14(23)21-19-22-17(13-26-19)10-8-15-6-5-7-16(12-15)9-11-18(24)25-20(2,3)4/h5-8,10,12-13H,9,11H2,1-4H3,(H,21,22,23). The molecule has 0 saturated carbocycles. The highest BCUT2D eigenvalue weighted by atomic mass is 32.1. The van der Waals surface area contributed by atoms with Crippen LogP contribution >= 0.6 is 11.3 Å². The van der Waals surface area contributed by atoms with Crippen LogP contribution in [0.15, 0.2) is 29.6 Å². The maximum atomic E-state index is 11.8. The molecule has 5 nitrogen and oxygen atoms in total. The Bertz CT molecular complexity index is 803. The molecule has 1 N–H and O–H groups in total. The van der Waals surface area contributed by atoms with Crippen molar-refractivity contribution < 1.29 is 14.3 Å². The average molecular weight is 372 g/mol. The van der Waals surface area contributed by atoms with E-state index in [1.807, 2.05) is 62.6 Å². The largest absolute Gasteiger partial charge is 0.460 e. The fourth-order valence-corrected chi connectivity index (χ4v) is 2.97. The molecule has 1 aromatic heterocycles.